The van der Waals surface area contributed by atoms with Gasteiger partial charge in [-0.3, -0.25) is 9.59 Å². The van der Waals surface area contributed by atoms with E-state index in [-0.39, 0.29) is 11.8 Å². The number of amides is 1. The van der Waals surface area contributed by atoms with Crippen LogP contribution in [0.15, 0.2) is 30.3 Å². The molecule has 0 N–H and O–H groups in total. The smallest absolute Gasteiger partial charge is 0.328 e. The van der Waals surface area contributed by atoms with Crippen LogP contribution in [-0.2, 0) is 25.5 Å². The van der Waals surface area contributed by atoms with Crippen LogP contribution in [-0.4, -0.2) is 41.8 Å². The lowest BCUT2D eigenvalue weighted by Gasteiger charge is -2.22. The zero-order valence-corrected chi connectivity index (χ0v) is 19.4. The average Bonchev–Trinajstić information content (AvgIpc) is 3.32. The summed E-state index contributed by atoms with van der Waals surface area (Å²) >= 11 is 0. The lowest BCUT2D eigenvalue weighted by molar-refractivity contribution is -0.155. The lowest BCUT2D eigenvalue weighted by Crippen LogP contribution is -2.44. The first-order valence-corrected chi connectivity index (χ1v) is 12.7. The minimum atomic E-state index is -0.602. The molecular weight excluding hydrogens is 402 g/mol. The molecule has 1 aliphatic carbocycles. The predicted octanol–water partition coefficient (Wildman–Crippen LogP) is 5.25. The van der Waals surface area contributed by atoms with Gasteiger partial charge in [-0.1, -0.05) is 81.7 Å². The van der Waals surface area contributed by atoms with Gasteiger partial charge < -0.3 is 9.64 Å². The van der Waals surface area contributed by atoms with Gasteiger partial charge in [0, 0.05) is 13.0 Å². The third kappa shape index (κ3) is 7.75. The number of unbranched alkanes of at least 4 members (excludes halogenated alkanes) is 2. The summed E-state index contributed by atoms with van der Waals surface area (Å²) in [6, 6.07) is 9.48. The number of likely N-dealkylation sites (tertiary alicyclic amines) is 1. The van der Waals surface area contributed by atoms with Crippen molar-refractivity contribution in [3.8, 4) is 0 Å². The molecule has 1 heterocycles. The molecule has 3 rings (SSSR count). The summed E-state index contributed by atoms with van der Waals surface area (Å²) in [5, 5.41) is 0. The van der Waals surface area contributed by atoms with Gasteiger partial charge in [-0.2, -0.15) is 0 Å². The maximum absolute atomic E-state index is 12.7. The van der Waals surface area contributed by atoms with Crippen LogP contribution < -0.4 is 0 Å². The van der Waals surface area contributed by atoms with Crippen molar-refractivity contribution in [2.24, 2.45) is 5.92 Å². The molecule has 0 spiro atoms. The highest BCUT2D eigenvalue weighted by molar-refractivity contribution is 6.36. The van der Waals surface area contributed by atoms with Gasteiger partial charge in [-0.05, 0) is 43.6 Å². The standard InChI is InChI=1S/C27H39NO4/c29-25(19-9-3-8-14-22-12-4-1-5-13-22)26(30)28-20-10-18-24(28)27(31)32-21-11-17-23-15-6-2-7-16-23/h2,6-7,15-16,22,24H,1,3-5,8-14,17-21H2/t24-/m0/s1. The topological polar surface area (TPSA) is 63.7 Å². The van der Waals surface area contributed by atoms with Gasteiger partial charge in [-0.25, -0.2) is 4.79 Å². The summed E-state index contributed by atoms with van der Waals surface area (Å²) in [5.74, 6) is -0.359. The number of benzene rings is 1. The van der Waals surface area contributed by atoms with Gasteiger partial charge in [0.1, 0.15) is 6.04 Å². The second-order valence-corrected chi connectivity index (χ2v) is 9.44. The molecule has 0 radical (unpaired) electrons. The van der Waals surface area contributed by atoms with Crippen molar-refractivity contribution in [3.05, 3.63) is 35.9 Å². The molecule has 2 aliphatic rings. The molecule has 1 saturated heterocycles. The number of Topliss-reactive ketones (excluding diaryl/α,β-unsaturated/α-hetero) is 1. The van der Waals surface area contributed by atoms with Crippen LogP contribution in [0, 0.1) is 5.92 Å². The number of aryl methyl sites for hydroxylation is 1. The summed E-state index contributed by atoms with van der Waals surface area (Å²) in [4.78, 5) is 39.1. The first-order valence-electron chi connectivity index (χ1n) is 12.7. The summed E-state index contributed by atoms with van der Waals surface area (Å²) in [5.41, 5.74) is 1.21. The molecule has 32 heavy (non-hydrogen) atoms. The van der Waals surface area contributed by atoms with Crippen LogP contribution in [0.4, 0.5) is 0 Å². The minimum Gasteiger partial charge on any atom is -0.464 e. The molecule has 5 heteroatoms. The van der Waals surface area contributed by atoms with E-state index in [4.69, 9.17) is 4.74 Å². The average molecular weight is 442 g/mol. The number of hydrogen-bond acceptors (Lipinski definition) is 4. The van der Waals surface area contributed by atoms with Crippen molar-refractivity contribution in [2.45, 2.75) is 95.9 Å². The molecule has 0 bridgehead atoms. The van der Waals surface area contributed by atoms with Crippen LogP contribution in [0.5, 0.6) is 0 Å². The normalized spacial score (nSPS) is 19.1. The monoisotopic (exact) mass is 441 g/mol. The molecule has 1 aromatic rings. The van der Waals surface area contributed by atoms with Gasteiger partial charge in [-0.15, -0.1) is 0 Å². The summed E-state index contributed by atoms with van der Waals surface area (Å²) in [6.45, 7) is 0.803. The Kier molecular flexibility index (Phi) is 10.2. The molecule has 176 valence electrons. The number of hydrogen-bond donors (Lipinski definition) is 0. The molecular formula is C27H39NO4. The Morgan fingerprint density at radius 3 is 2.44 bits per heavy atom. The molecule has 1 aromatic carbocycles. The van der Waals surface area contributed by atoms with Gasteiger partial charge in [0.15, 0.2) is 0 Å². The fourth-order valence-electron chi connectivity index (χ4n) is 5.08. The number of carbonyl (C=O) groups excluding carboxylic acids is 3. The van der Waals surface area contributed by atoms with Crippen molar-refractivity contribution >= 4 is 17.7 Å². The van der Waals surface area contributed by atoms with Gasteiger partial charge in [0.05, 0.1) is 6.61 Å². The van der Waals surface area contributed by atoms with Crippen molar-refractivity contribution < 1.29 is 19.1 Å². The number of esters is 1. The number of carbonyl (C=O) groups is 3. The number of ether oxygens (including phenoxy) is 1. The van der Waals surface area contributed by atoms with Crippen molar-refractivity contribution in [1.82, 2.24) is 4.90 Å². The van der Waals surface area contributed by atoms with E-state index in [9.17, 15) is 14.4 Å². The third-order valence-corrected chi connectivity index (χ3v) is 6.96. The maximum atomic E-state index is 12.7. The second kappa shape index (κ2) is 13.4. The van der Waals surface area contributed by atoms with E-state index < -0.39 is 11.9 Å². The minimum absolute atomic E-state index is 0.291. The molecule has 0 unspecified atom stereocenters. The van der Waals surface area contributed by atoms with Crippen LogP contribution in [0.25, 0.3) is 0 Å². The van der Waals surface area contributed by atoms with Crippen molar-refractivity contribution in [2.75, 3.05) is 13.2 Å². The lowest BCUT2D eigenvalue weighted by atomic mass is 9.85. The molecule has 1 saturated carbocycles. The molecule has 0 aromatic heterocycles. The molecule has 5 nitrogen and oxygen atoms in total. The second-order valence-electron chi connectivity index (χ2n) is 9.44. The highest BCUT2D eigenvalue weighted by Crippen LogP contribution is 2.28. The SMILES string of the molecule is O=C(CCCCCC1CCCCC1)C(=O)N1CCC[C@H]1C(=O)OCCCc1ccccc1. The Hall–Kier alpha value is -2.17. The zero-order chi connectivity index (χ0) is 22.6. The van der Waals surface area contributed by atoms with Crippen LogP contribution >= 0.6 is 0 Å². The fourth-order valence-corrected chi connectivity index (χ4v) is 5.08. The molecule has 1 atom stereocenters. The Labute approximate surface area is 192 Å². The fraction of sp³-hybridized carbons (Fsp3) is 0.667. The van der Waals surface area contributed by atoms with Crippen LogP contribution in [0.2, 0.25) is 0 Å². The Morgan fingerprint density at radius 1 is 0.875 bits per heavy atom. The highest BCUT2D eigenvalue weighted by Gasteiger charge is 2.37. The quantitative estimate of drug-likeness (QED) is 0.252. The Morgan fingerprint density at radius 2 is 1.66 bits per heavy atom. The van der Waals surface area contributed by atoms with E-state index >= 15 is 0 Å². The predicted molar refractivity (Wildman–Crippen MR) is 125 cm³/mol. The van der Waals surface area contributed by atoms with E-state index in [1.54, 1.807) is 0 Å². The zero-order valence-electron chi connectivity index (χ0n) is 19.4. The maximum Gasteiger partial charge on any atom is 0.328 e. The van der Waals surface area contributed by atoms with E-state index in [1.165, 1.54) is 49.0 Å². The van der Waals surface area contributed by atoms with Crippen molar-refractivity contribution in [1.29, 1.82) is 0 Å². The van der Waals surface area contributed by atoms with E-state index in [2.05, 4.69) is 12.1 Å². The molecule has 1 amide bonds. The number of nitrogens with zero attached hydrogens (tertiary/aromatic N) is 1. The largest absolute Gasteiger partial charge is 0.464 e. The van der Waals surface area contributed by atoms with E-state index in [1.807, 2.05) is 18.2 Å². The van der Waals surface area contributed by atoms with Crippen molar-refractivity contribution in [3.63, 3.8) is 0 Å². The van der Waals surface area contributed by atoms with Crippen LogP contribution in [0.1, 0.15) is 89.0 Å². The Bertz CT molecular complexity index is 726. The van der Waals surface area contributed by atoms with E-state index in [0.29, 0.717) is 26.0 Å². The summed E-state index contributed by atoms with van der Waals surface area (Å²) in [7, 11) is 0. The summed E-state index contributed by atoms with van der Waals surface area (Å²) in [6.07, 6.45) is 14.2. The third-order valence-electron chi connectivity index (χ3n) is 6.96. The first-order chi connectivity index (χ1) is 15.6. The Balaban J connectivity index is 1.32. The molecule has 1 aliphatic heterocycles. The highest BCUT2D eigenvalue weighted by atomic mass is 16.5. The van der Waals surface area contributed by atoms with Gasteiger partial charge >= 0.3 is 5.97 Å². The van der Waals surface area contributed by atoms with Crippen LogP contribution in [0.3, 0.4) is 0 Å². The van der Waals surface area contributed by atoms with E-state index in [0.717, 1.165) is 44.4 Å². The molecule has 2 fully saturated rings. The van der Waals surface area contributed by atoms with Gasteiger partial charge in [0.2, 0.25) is 5.78 Å². The first kappa shape index (κ1) is 24.5. The number of rotatable bonds is 12. The number of ketones is 1. The summed E-state index contributed by atoms with van der Waals surface area (Å²) < 4.78 is 5.43. The van der Waals surface area contributed by atoms with Gasteiger partial charge in [0.25, 0.3) is 5.91 Å².